The number of hydrogen-bond donors (Lipinski definition) is 6. The number of urea groups is 2. The fraction of sp³-hybridized carbons (Fsp3) is 0. The summed E-state index contributed by atoms with van der Waals surface area (Å²) in [6.45, 7) is 0. The van der Waals surface area contributed by atoms with Crippen LogP contribution in [-0.4, -0.2) is 28.2 Å². The van der Waals surface area contributed by atoms with Crippen molar-refractivity contribution in [1.29, 1.82) is 0 Å². The standard InChI is InChI=1S/C16H18N8O3S/c17-13(18)23-15(25)21-9-1-5-11(6-2-9)28(27)12-7-3-10(4-8-12)22-16(26)24-14(19)20/h1-8H,(H5,17,18,21,23,25)(H5,19,20,22,24,26). The normalized spacial score (nSPS) is 10.0. The zero-order valence-corrected chi connectivity index (χ0v) is 15.3. The van der Waals surface area contributed by atoms with Gasteiger partial charge in [-0.05, 0) is 48.5 Å². The largest absolute Gasteiger partial charge is 0.370 e. The Kier molecular flexibility index (Phi) is 6.65. The molecule has 2 aromatic carbocycles. The number of nitrogens with zero attached hydrogens (tertiary/aromatic N) is 2. The number of carbonyl (C=O) groups excluding carboxylic acids is 2. The van der Waals surface area contributed by atoms with Gasteiger partial charge >= 0.3 is 12.1 Å². The predicted octanol–water partition coefficient (Wildman–Crippen LogP) is 0.464. The predicted molar refractivity (Wildman–Crippen MR) is 107 cm³/mol. The third-order valence-electron chi connectivity index (χ3n) is 3.10. The molecule has 0 aliphatic carbocycles. The van der Waals surface area contributed by atoms with Gasteiger partial charge in [0.1, 0.15) is 0 Å². The first-order valence-corrected chi connectivity index (χ1v) is 8.82. The summed E-state index contributed by atoms with van der Waals surface area (Å²) < 4.78 is 12.6. The van der Waals surface area contributed by atoms with Crippen LogP contribution in [0.25, 0.3) is 0 Å². The van der Waals surface area contributed by atoms with E-state index in [1.165, 1.54) is 0 Å². The SMILES string of the molecule is NC(N)=NC(=O)Nc1ccc(S(=O)c2ccc(NC(=O)N=C(N)N)cc2)cc1. The van der Waals surface area contributed by atoms with E-state index >= 15 is 0 Å². The second-order valence-electron chi connectivity index (χ2n) is 5.25. The van der Waals surface area contributed by atoms with E-state index in [2.05, 4.69) is 20.6 Å². The summed E-state index contributed by atoms with van der Waals surface area (Å²) in [5, 5.41) is 4.93. The molecule has 2 rings (SSSR count). The molecule has 0 aromatic heterocycles. The summed E-state index contributed by atoms with van der Waals surface area (Å²) in [6, 6.07) is 11.2. The van der Waals surface area contributed by atoms with Crippen LogP contribution in [0.2, 0.25) is 0 Å². The third-order valence-corrected chi connectivity index (χ3v) is 4.50. The van der Waals surface area contributed by atoms with Crippen LogP contribution in [0.4, 0.5) is 21.0 Å². The van der Waals surface area contributed by atoms with Gasteiger partial charge in [-0.2, -0.15) is 9.98 Å². The summed E-state index contributed by atoms with van der Waals surface area (Å²) >= 11 is 0. The van der Waals surface area contributed by atoms with Crippen LogP contribution < -0.4 is 33.6 Å². The van der Waals surface area contributed by atoms with E-state index in [9.17, 15) is 13.8 Å². The molecular formula is C16H18N8O3S. The molecule has 0 radical (unpaired) electrons. The molecule has 28 heavy (non-hydrogen) atoms. The van der Waals surface area contributed by atoms with E-state index in [0.29, 0.717) is 21.2 Å². The first-order valence-electron chi connectivity index (χ1n) is 7.68. The van der Waals surface area contributed by atoms with Gasteiger partial charge in [0.15, 0.2) is 11.9 Å². The highest BCUT2D eigenvalue weighted by atomic mass is 32.2. The van der Waals surface area contributed by atoms with Crippen molar-refractivity contribution in [2.75, 3.05) is 10.6 Å². The van der Waals surface area contributed by atoms with Gasteiger partial charge in [0, 0.05) is 21.2 Å². The van der Waals surface area contributed by atoms with Gasteiger partial charge in [0.25, 0.3) is 0 Å². The zero-order chi connectivity index (χ0) is 20.7. The van der Waals surface area contributed by atoms with Crippen molar-refractivity contribution >= 4 is 46.2 Å². The number of nitrogens with one attached hydrogen (secondary N) is 2. The highest BCUT2D eigenvalue weighted by molar-refractivity contribution is 7.85. The number of guanidine groups is 2. The van der Waals surface area contributed by atoms with Crippen LogP contribution >= 0.6 is 0 Å². The Morgan fingerprint density at radius 3 is 1.29 bits per heavy atom. The van der Waals surface area contributed by atoms with Gasteiger partial charge in [-0.15, -0.1) is 0 Å². The zero-order valence-electron chi connectivity index (χ0n) is 14.5. The summed E-state index contributed by atoms with van der Waals surface area (Å²) in [5.41, 5.74) is 21.4. The second kappa shape index (κ2) is 9.14. The highest BCUT2D eigenvalue weighted by Crippen LogP contribution is 2.20. The number of carbonyl (C=O) groups is 2. The fourth-order valence-corrected chi connectivity index (χ4v) is 3.04. The van der Waals surface area contributed by atoms with Gasteiger partial charge in [-0.25, -0.2) is 13.8 Å². The van der Waals surface area contributed by atoms with Crippen molar-refractivity contribution in [3.63, 3.8) is 0 Å². The number of nitrogens with two attached hydrogens (primary N) is 4. The molecule has 2 aromatic rings. The lowest BCUT2D eigenvalue weighted by Crippen LogP contribution is -2.25. The van der Waals surface area contributed by atoms with Gasteiger partial charge in [0.2, 0.25) is 0 Å². The van der Waals surface area contributed by atoms with E-state index in [-0.39, 0.29) is 11.9 Å². The average Bonchev–Trinajstić information content (AvgIpc) is 2.61. The summed E-state index contributed by atoms with van der Waals surface area (Å²) in [5.74, 6) is -0.707. The average molecular weight is 402 g/mol. The molecule has 0 spiro atoms. The number of amides is 4. The number of rotatable bonds is 4. The van der Waals surface area contributed by atoms with Crippen LogP contribution in [0.5, 0.6) is 0 Å². The fourth-order valence-electron chi connectivity index (χ4n) is 2.00. The molecule has 0 saturated carbocycles. The minimum atomic E-state index is -1.47. The van der Waals surface area contributed by atoms with Crippen molar-refractivity contribution in [1.82, 2.24) is 0 Å². The lowest BCUT2D eigenvalue weighted by Gasteiger charge is -2.06. The molecule has 0 atom stereocenters. The summed E-state index contributed by atoms with van der Waals surface area (Å²) in [6.07, 6.45) is 0. The number of aliphatic imine (C=N–C) groups is 2. The van der Waals surface area contributed by atoms with E-state index in [1.54, 1.807) is 48.5 Å². The highest BCUT2D eigenvalue weighted by Gasteiger charge is 2.09. The van der Waals surface area contributed by atoms with E-state index in [1.807, 2.05) is 0 Å². The number of anilines is 2. The minimum Gasteiger partial charge on any atom is -0.370 e. The Hall–Kier alpha value is -3.93. The molecule has 0 fully saturated rings. The Bertz CT molecular complexity index is 869. The topological polar surface area (TPSA) is 204 Å². The Morgan fingerprint density at radius 2 is 1.00 bits per heavy atom. The van der Waals surface area contributed by atoms with E-state index in [0.717, 1.165) is 0 Å². The van der Waals surface area contributed by atoms with Crippen LogP contribution in [0.1, 0.15) is 0 Å². The molecule has 11 nitrogen and oxygen atoms in total. The molecular weight excluding hydrogens is 384 g/mol. The van der Waals surface area contributed by atoms with Crippen LogP contribution in [0.3, 0.4) is 0 Å². The van der Waals surface area contributed by atoms with Gasteiger partial charge in [-0.3, -0.25) is 0 Å². The first kappa shape index (κ1) is 20.4. The molecule has 0 aliphatic heterocycles. The van der Waals surface area contributed by atoms with Crippen LogP contribution in [0, 0.1) is 0 Å². The first-order chi connectivity index (χ1) is 13.2. The van der Waals surface area contributed by atoms with Gasteiger partial charge in [-0.1, -0.05) is 0 Å². The third kappa shape index (κ3) is 6.10. The lowest BCUT2D eigenvalue weighted by atomic mass is 10.3. The molecule has 0 bridgehead atoms. The quantitative estimate of drug-likeness (QED) is 0.314. The Labute approximate surface area is 162 Å². The lowest BCUT2D eigenvalue weighted by molar-refractivity contribution is 0.258. The van der Waals surface area contributed by atoms with Crippen LogP contribution in [-0.2, 0) is 10.8 Å². The maximum absolute atomic E-state index is 12.6. The van der Waals surface area contributed by atoms with E-state index in [4.69, 9.17) is 22.9 Å². The van der Waals surface area contributed by atoms with Gasteiger partial charge in [0.05, 0.1) is 10.8 Å². The van der Waals surface area contributed by atoms with Crippen molar-refractivity contribution in [3.8, 4) is 0 Å². The summed E-state index contributed by atoms with van der Waals surface area (Å²) in [7, 11) is -1.47. The molecule has 10 N–H and O–H groups in total. The van der Waals surface area contributed by atoms with Crippen molar-refractivity contribution in [2.45, 2.75) is 9.79 Å². The Balaban J connectivity index is 2.05. The van der Waals surface area contributed by atoms with Crippen molar-refractivity contribution < 1.29 is 13.8 Å². The maximum atomic E-state index is 12.6. The molecule has 4 amide bonds. The molecule has 146 valence electrons. The molecule has 0 unspecified atom stereocenters. The van der Waals surface area contributed by atoms with Crippen molar-refractivity contribution in [2.24, 2.45) is 32.9 Å². The smallest absolute Gasteiger partial charge is 0.348 e. The number of hydrogen-bond acceptors (Lipinski definition) is 3. The van der Waals surface area contributed by atoms with Crippen molar-refractivity contribution in [3.05, 3.63) is 48.5 Å². The molecule has 0 heterocycles. The number of benzene rings is 2. The molecule has 0 saturated heterocycles. The van der Waals surface area contributed by atoms with Gasteiger partial charge < -0.3 is 33.6 Å². The second-order valence-corrected chi connectivity index (χ2v) is 6.73. The summed E-state index contributed by atoms with van der Waals surface area (Å²) in [4.78, 5) is 30.6. The Morgan fingerprint density at radius 1 is 0.679 bits per heavy atom. The molecule has 12 heteroatoms. The minimum absolute atomic E-state index is 0.354. The van der Waals surface area contributed by atoms with Crippen LogP contribution in [0.15, 0.2) is 68.3 Å². The molecule has 0 aliphatic rings. The maximum Gasteiger partial charge on any atom is 0.348 e. The van der Waals surface area contributed by atoms with E-state index < -0.39 is 22.9 Å². The monoisotopic (exact) mass is 402 g/mol.